The average Bonchev–Trinajstić information content (AvgIpc) is 2.84. The summed E-state index contributed by atoms with van der Waals surface area (Å²) in [4.78, 5) is 23.7. The summed E-state index contributed by atoms with van der Waals surface area (Å²) in [5.74, 6) is -0.918. The van der Waals surface area contributed by atoms with E-state index in [9.17, 15) is 14.7 Å². The molecule has 2 aliphatic rings. The van der Waals surface area contributed by atoms with Gasteiger partial charge in [-0.2, -0.15) is 0 Å². The molecule has 2 rings (SSSR count). The Hall–Kier alpha value is -1.10. The normalized spacial score (nSPS) is 29.9. The molecule has 1 heterocycles. The molecule has 2 atom stereocenters. The Bertz CT molecular complexity index is 345. The van der Waals surface area contributed by atoms with Crippen LogP contribution in [-0.4, -0.2) is 36.1 Å². The van der Waals surface area contributed by atoms with Gasteiger partial charge in [0.05, 0.1) is 5.41 Å². The predicted octanol–water partition coefficient (Wildman–Crippen LogP) is 1.14. The second-order valence-corrected chi connectivity index (χ2v) is 6.17. The number of carbonyl (C=O) groups is 2. The van der Waals surface area contributed by atoms with Crippen LogP contribution in [0, 0.1) is 11.3 Å². The van der Waals surface area contributed by atoms with Gasteiger partial charge in [-0.1, -0.05) is 19.3 Å². The van der Waals surface area contributed by atoms with Crippen LogP contribution in [0.4, 0.5) is 0 Å². The molecule has 1 aliphatic carbocycles. The zero-order chi connectivity index (χ0) is 13.9. The third-order valence-corrected chi connectivity index (χ3v) is 4.59. The number of amides is 1. The lowest BCUT2D eigenvalue weighted by Gasteiger charge is -2.31. The fourth-order valence-electron chi connectivity index (χ4n) is 3.17. The standard InChI is InChI=1S/C14H24N2O3/c1-14(7-8-15-9-14)13(19)16-11(12(17)18)10-5-3-2-4-6-10/h10-11,15H,2-9H2,1H3,(H,16,19)(H,17,18). The van der Waals surface area contributed by atoms with Crippen molar-refractivity contribution in [3.8, 4) is 0 Å². The van der Waals surface area contributed by atoms with Crippen LogP contribution < -0.4 is 10.6 Å². The molecule has 19 heavy (non-hydrogen) atoms. The van der Waals surface area contributed by atoms with E-state index < -0.39 is 17.4 Å². The lowest BCUT2D eigenvalue weighted by Crippen LogP contribution is -2.51. The highest BCUT2D eigenvalue weighted by molar-refractivity contribution is 5.87. The van der Waals surface area contributed by atoms with Crippen LogP contribution in [0.3, 0.4) is 0 Å². The van der Waals surface area contributed by atoms with Crippen molar-refractivity contribution in [2.24, 2.45) is 11.3 Å². The van der Waals surface area contributed by atoms with Crippen molar-refractivity contribution in [1.29, 1.82) is 0 Å². The van der Waals surface area contributed by atoms with E-state index in [4.69, 9.17) is 0 Å². The smallest absolute Gasteiger partial charge is 0.326 e. The van der Waals surface area contributed by atoms with E-state index in [1.54, 1.807) is 0 Å². The maximum Gasteiger partial charge on any atom is 0.326 e. The summed E-state index contributed by atoms with van der Waals surface area (Å²) >= 11 is 0. The molecule has 5 nitrogen and oxygen atoms in total. The molecule has 1 saturated heterocycles. The number of nitrogens with one attached hydrogen (secondary N) is 2. The summed E-state index contributed by atoms with van der Waals surface area (Å²) in [5, 5.41) is 15.3. The number of carbonyl (C=O) groups excluding carboxylic acids is 1. The van der Waals surface area contributed by atoms with Gasteiger partial charge in [0, 0.05) is 6.54 Å². The minimum absolute atomic E-state index is 0.0909. The monoisotopic (exact) mass is 268 g/mol. The van der Waals surface area contributed by atoms with Gasteiger partial charge in [0.2, 0.25) is 5.91 Å². The van der Waals surface area contributed by atoms with Crippen molar-refractivity contribution in [2.45, 2.75) is 51.5 Å². The zero-order valence-corrected chi connectivity index (χ0v) is 11.6. The van der Waals surface area contributed by atoms with Gasteiger partial charge in [-0.15, -0.1) is 0 Å². The molecule has 2 fully saturated rings. The first-order valence-corrected chi connectivity index (χ1v) is 7.27. The van der Waals surface area contributed by atoms with Crippen LogP contribution in [-0.2, 0) is 9.59 Å². The summed E-state index contributed by atoms with van der Waals surface area (Å²) < 4.78 is 0. The van der Waals surface area contributed by atoms with Crippen molar-refractivity contribution < 1.29 is 14.7 Å². The van der Waals surface area contributed by atoms with Crippen molar-refractivity contribution >= 4 is 11.9 Å². The molecular formula is C14H24N2O3. The molecule has 3 N–H and O–H groups in total. The molecule has 1 amide bonds. The molecule has 1 saturated carbocycles. The maximum absolute atomic E-state index is 12.3. The van der Waals surface area contributed by atoms with Crippen molar-refractivity contribution in [1.82, 2.24) is 10.6 Å². The molecule has 0 aromatic carbocycles. The van der Waals surface area contributed by atoms with Gasteiger partial charge < -0.3 is 15.7 Å². The number of aliphatic carboxylic acids is 1. The maximum atomic E-state index is 12.3. The van der Waals surface area contributed by atoms with Crippen LogP contribution in [0.25, 0.3) is 0 Å². The van der Waals surface area contributed by atoms with E-state index in [2.05, 4.69) is 10.6 Å². The van der Waals surface area contributed by atoms with E-state index in [1.807, 2.05) is 6.92 Å². The molecule has 5 heteroatoms. The average molecular weight is 268 g/mol. The van der Waals surface area contributed by atoms with E-state index in [1.165, 1.54) is 6.42 Å². The zero-order valence-electron chi connectivity index (χ0n) is 11.6. The number of hydrogen-bond donors (Lipinski definition) is 3. The van der Waals surface area contributed by atoms with E-state index in [0.717, 1.165) is 38.6 Å². The number of carboxylic acid groups (broad SMARTS) is 1. The van der Waals surface area contributed by atoms with Crippen LogP contribution in [0.15, 0.2) is 0 Å². The highest BCUT2D eigenvalue weighted by atomic mass is 16.4. The fourth-order valence-corrected chi connectivity index (χ4v) is 3.17. The third kappa shape index (κ3) is 3.26. The molecule has 0 aromatic heterocycles. The van der Waals surface area contributed by atoms with Crippen molar-refractivity contribution in [2.75, 3.05) is 13.1 Å². The quantitative estimate of drug-likeness (QED) is 0.714. The summed E-state index contributed by atoms with van der Waals surface area (Å²) in [6.07, 6.45) is 5.92. The Labute approximate surface area is 114 Å². The molecule has 2 unspecified atom stereocenters. The van der Waals surface area contributed by atoms with Gasteiger partial charge in [-0.3, -0.25) is 4.79 Å². The van der Waals surface area contributed by atoms with Gasteiger partial charge >= 0.3 is 5.97 Å². The SMILES string of the molecule is CC1(C(=O)NC(C(=O)O)C2CCCCC2)CCNC1. The van der Waals surface area contributed by atoms with Crippen molar-refractivity contribution in [3.63, 3.8) is 0 Å². The summed E-state index contributed by atoms with van der Waals surface area (Å²) in [6, 6.07) is -0.717. The molecular weight excluding hydrogens is 244 g/mol. The number of rotatable bonds is 4. The Morgan fingerprint density at radius 3 is 2.53 bits per heavy atom. The molecule has 108 valence electrons. The molecule has 1 aliphatic heterocycles. The Morgan fingerprint density at radius 1 is 1.32 bits per heavy atom. The van der Waals surface area contributed by atoms with Crippen LogP contribution in [0.2, 0.25) is 0 Å². The third-order valence-electron chi connectivity index (χ3n) is 4.59. The topological polar surface area (TPSA) is 78.4 Å². The van der Waals surface area contributed by atoms with E-state index >= 15 is 0 Å². The first-order chi connectivity index (χ1) is 9.03. The second-order valence-electron chi connectivity index (χ2n) is 6.17. The molecule has 0 bridgehead atoms. The second kappa shape index (κ2) is 5.90. The highest BCUT2D eigenvalue weighted by Gasteiger charge is 2.40. The highest BCUT2D eigenvalue weighted by Crippen LogP contribution is 2.29. The number of carboxylic acids is 1. The van der Waals surface area contributed by atoms with Gasteiger partial charge in [-0.05, 0) is 38.6 Å². The van der Waals surface area contributed by atoms with Gasteiger partial charge in [-0.25, -0.2) is 4.79 Å². The van der Waals surface area contributed by atoms with Crippen LogP contribution >= 0.6 is 0 Å². The van der Waals surface area contributed by atoms with Gasteiger partial charge in [0.25, 0.3) is 0 Å². The first kappa shape index (κ1) is 14.3. The Kier molecular flexibility index (Phi) is 4.45. The molecule has 0 radical (unpaired) electrons. The summed E-state index contributed by atoms with van der Waals surface area (Å²) in [5.41, 5.74) is -0.456. The minimum atomic E-state index is -0.894. The lowest BCUT2D eigenvalue weighted by molar-refractivity contribution is -0.145. The van der Waals surface area contributed by atoms with Crippen molar-refractivity contribution in [3.05, 3.63) is 0 Å². The van der Waals surface area contributed by atoms with E-state index in [0.29, 0.717) is 6.54 Å². The minimum Gasteiger partial charge on any atom is -0.480 e. The molecule has 0 spiro atoms. The summed E-state index contributed by atoms with van der Waals surface area (Å²) in [6.45, 7) is 3.36. The lowest BCUT2D eigenvalue weighted by atomic mass is 9.82. The fraction of sp³-hybridized carbons (Fsp3) is 0.857. The summed E-state index contributed by atoms with van der Waals surface area (Å²) in [7, 11) is 0. The van der Waals surface area contributed by atoms with E-state index in [-0.39, 0.29) is 11.8 Å². The Morgan fingerprint density at radius 2 is 2.00 bits per heavy atom. The largest absolute Gasteiger partial charge is 0.480 e. The first-order valence-electron chi connectivity index (χ1n) is 7.27. The number of hydrogen-bond acceptors (Lipinski definition) is 3. The van der Waals surface area contributed by atoms with Gasteiger partial charge in [0.15, 0.2) is 0 Å². The molecule has 0 aromatic rings. The predicted molar refractivity (Wildman–Crippen MR) is 71.7 cm³/mol. The van der Waals surface area contributed by atoms with Crippen LogP contribution in [0.5, 0.6) is 0 Å². The van der Waals surface area contributed by atoms with Crippen LogP contribution in [0.1, 0.15) is 45.4 Å². The van der Waals surface area contributed by atoms with Gasteiger partial charge in [0.1, 0.15) is 6.04 Å². The Balaban J connectivity index is 1.99.